The van der Waals surface area contributed by atoms with Gasteiger partial charge in [0.25, 0.3) is 0 Å². The monoisotopic (exact) mass is 783 g/mol. The molecule has 0 saturated heterocycles. The fourth-order valence-corrected chi connectivity index (χ4v) is 6.55. The Labute approximate surface area is 347 Å². The molecule has 0 aromatic heterocycles. The number of carbonyl (C=O) groups is 2. The summed E-state index contributed by atoms with van der Waals surface area (Å²) in [5.41, 5.74) is 0. The zero-order valence-corrected chi connectivity index (χ0v) is 37.1. The standard InChI is InChI=1S/C51H90O5/c1-4-7-10-13-15-17-19-21-23-25-27-29-31-33-35-37-40-43-46-54-47-49(56-51(53)45-42-38-12-9-6-3)48-55-50(52)44-41-39-36-34-32-30-28-26-24-22-20-18-16-14-11-8-5-2/h8,11,16,18,22,24,28,30,34,36,49H,4-7,9-10,12-15,17,19-21,23,25-27,29,31-33,35,37-48H2,1-3H3/b11-8-,18-16-,24-22-,30-28-,36-34-. The van der Waals surface area contributed by atoms with Crippen molar-refractivity contribution in [3.8, 4) is 0 Å². The van der Waals surface area contributed by atoms with Gasteiger partial charge >= 0.3 is 11.9 Å². The van der Waals surface area contributed by atoms with Crippen molar-refractivity contribution in [1.29, 1.82) is 0 Å². The van der Waals surface area contributed by atoms with Crippen molar-refractivity contribution >= 4 is 11.9 Å². The molecule has 0 radical (unpaired) electrons. The minimum Gasteiger partial charge on any atom is -0.462 e. The van der Waals surface area contributed by atoms with Crippen LogP contribution in [0.3, 0.4) is 0 Å². The van der Waals surface area contributed by atoms with E-state index < -0.39 is 6.10 Å². The summed E-state index contributed by atoms with van der Waals surface area (Å²) in [7, 11) is 0. The summed E-state index contributed by atoms with van der Waals surface area (Å²) < 4.78 is 17.2. The van der Waals surface area contributed by atoms with E-state index in [1.165, 1.54) is 116 Å². The summed E-state index contributed by atoms with van der Waals surface area (Å²) in [6.07, 6.45) is 58.3. The van der Waals surface area contributed by atoms with E-state index in [1.54, 1.807) is 0 Å². The molecule has 0 aromatic carbocycles. The summed E-state index contributed by atoms with van der Waals surface area (Å²) in [5, 5.41) is 0. The van der Waals surface area contributed by atoms with Crippen LogP contribution in [0.5, 0.6) is 0 Å². The van der Waals surface area contributed by atoms with Crippen LogP contribution in [-0.2, 0) is 23.8 Å². The Morgan fingerprint density at radius 1 is 0.411 bits per heavy atom. The first-order chi connectivity index (χ1) is 27.6. The lowest BCUT2D eigenvalue weighted by Crippen LogP contribution is -2.30. The quantitative estimate of drug-likeness (QED) is 0.0350. The molecular weight excluding hydrogens is 693 g/mol. The van der Waals surface area contributed by atoms with Crippen LogP contribution in [0.4, 0.5) is 0 Å². The average Bonchev–Trinajstić information content (AvgIpc) is 3.20. The van der Waals surface area contributed by atoms with E-state index in [0.717, 1.165) is 77.0 Å². The van der Waals surface area contributed by atoms with Crippen molar-refractivity contribution in [1.82, 2.24) is 0 Å². The molecule has 0 aromatic rings. The van der Waals surface area contributed by atoms with Crippen LogP contribution in [0.25, 0.3) is 0 Å². The number of ether oxygens (including phenoxy) is 3. The van der Waals surface area contributed by atoms with Gasteiger partial charge in [0.05, 0.1) is 6.61 Å². The summed E-state index contributed by atoms with van der Waals surface area (Å²) in [5.74, 6) is -0.473. The van der Waals surface area contributed by atoms with Gasteiger partial charge in [-0.3, -0.25) is 9.59 Å². The molecule has 0 aliphatic carbocycles. The molecule has 5 nitrogen and oxygen atoms in total. The van der Waals surface area contributed by atoms with E-state index in [0.29, 0.717) is 19.4 Å². The Bertz CT molecular complexity index is 977. The molecule has 0 N–H and O–H groups in total. The molecule has 0 fully saturated rings. The van der Waals surface area contributed by atoms with Gasteiger partial charge in [0.15, 0.2) is 6.10 Å². The first-order valence-corrected chi connectivity index (χ1v) is 23.8. The van der Waals surface area contributed by atoms with Gasteiger partial charge in [-0.1, -0.05) is 216 Å². The fraction of sp³-hybridized carbons (Fsp3) is 0.765. The second-order valence-corrected chi connectivity index (χ2v) is 15.6. The molecule has 56 heavy (non-hydrogen) atoms. The van der Waals surface area contributed by atoms with Crippen LogP contribution in [-0.4, -0.2) is 37.9 Å². The third-order valence-corrected chi connectivity index (χ3v) is 10.1. The molecule has 0 saturated carbocycles. The molecule has 0 rings (SSSR count). The number of allylic oxidation sites excluding steroid dienone is 10. The highest BCUT2D eigenvalue weighted by atomic mass is 16.6. The van der Waals surface area contributed by atoms with Gasteiger partial charge in [-0.15, -0.1) is 0 Å². The van der Waals surface area contributed by atoms with Crippen molar-refractivity contribution in [2.24, 2.45) is 0 Å². The minimum absolute atomic E-state index is 0.0567. The third kappa shape index (κ3) is 44.3. The third-order valence-electron chi connectivity index (χ3n) is 10.1. The molecule has 0 bridgehead atoms. The Kier molecular flexibility index (Phi) is 45.0. The van der Waals surface area contributed by atoms with Gasteiger partial charge in [-0.05, 0) is 57.8 Å². The van der Waals surface area contributed by atoms with E-state index in [1.807, 2.05) is 0 Å². The Hall–Kier alpha value is -2.40. The number of rotatable bonds is 43. The van der Waals surface area contributed by atoms with Gasteiger partial charge in [0.1, 0.15) is 6.61 Å². The predicted octanol–water partition coefficient (Wildman–Crippen LogP) is 15.8. The van der Waals surface area contributed by atoms with Crippen molar-refractivity contribution in [2.75, 3.05) is 19.8 Å². The molecule has 0 amide bonds. The largest absolute Gasteiger partial charge is 0.462 e. The van der Waals surface area contributed by atoms with E-state index in [-0.39, 0.29) is 25.2 Å². The smallest absolute Gasteiger partial charge is 0.306 e. The highest BCUT2D eigenvalue weighted by molar-refractivity contribution is 5.70. The van der Waals surface area contributed by atoms with Crippen molar-refractivity contribution < 1.29 is 23.8 Å². The van der Waals surface area contributed by atoms with Crippen LogP contribution in [0.1, 0.15) is 226 Å². The molecule has 0 heterocycles. The van der Waals surface area contributed by atoms with E-state index in [4.69, 9.17) is 14.2 Å². The first-order valence-electron chi connectivity index (χ1n) is 23.8. The lowest BCUT2D eigenvalue weighted by molar-refractivity contribution is -0.163. The molecule has 5 heteroatoms. The first kappa shape index (κ1) is 53.6. The molecule has 1 atom stereocenters. The molecular formula is C51H90O5. The van der Waals surface area contributed by atoms with Crippen LogP contribution in [0.2, 0.25) is 0 Å². The van der Waals surface area contributed by atoms with Crippen LogP contribution >= 0.6 is 0 Å². The summed E-state index contributed by atoms with van der Waals surface area (Å²) in [6.45, 7) is 7.60. The lowest BCUT2D eigenvalue weighted by Gasteiger charge is -2.18. The molecule has 324 valence electrons. The van der Waals surface area contributed by atoms with Gasteiger partial charge in [-0.2, -0.15) is 0 Å². The fourth-order valence-electron chi connectivity index (χ4n) is 6.55. The maximum absolute atomic E-state index is 12.5. The zero-order chi connectivity index (χ0) is 40.7. The van der Waals surface area contributed by atoms with Crippen molar-refractivity contribution in [3.63, 3.8) is 0 Å². The van der Waals surface area contributed by atoms with Gasteiger partial charge < -0.3 is 14.2 Å². The van der Waals surface area contributed by atoms with Gasteiger partial charge in [0.2, 0.25) is 0 Å². The Balaban J connectivity index is 4.10. The molecule has 0 aliphatic heterocycles. The molecule has 1 unspecified atom stereocenters. The van der Waals surface area contributed by atoms with Crippen molar-refractivity contribution in [2.45, 2.75) is 232 Å². The van der Waals surface area contributed by atoms with Crippen molar-refractivity contribution in [3.05, 3.63) is 60.8 Å². The van der Waals surface area contributed by atoms with E-state index >= 15 is 0 Å². The highest BCUT2D eigenvalue weighted by Crippen LogP contribution is 2.15. The number of hydrogen-bond acceptors (Lipinski definition) is 5. The number of carbonyl (C=O) groups excluding carboxylic acids is 2. The molecule has 0 aliphatic rings. The summed E-state index contributed by atoms with van der Waals surface area (Å²) >= 11 is 0. The summed E-state index contributed by atoms with van der Waals surface area (Å²) in [6, 6.07) is 0. The summed E-state index contributed by atoms with van der Waals surface area (Å²) in [4.78, 5) is 25.0. The number of unbranched alkanes of at least 4 members (excludes halogenated alkanes) is 22. The Morgan fingerprint density at radius 2 is 0.804 bits per heavy atom. The lowest BCUT2D eigenvalue weighted by atomic mass is 10.0. The van der Waals surface area contributed by atoms with Gasteiger partial charge in [-0.25, -0.2) is 0 Å². The van der Waals surface area contributed by atoms with Crippen LogP contribution < -0.4 is 0 Å². The molecule has 0 spiro atoms. The predicted molar refractivity (Wildman–Crippen MR) is 242 cm³/mol. The number of hydrogen-bond donors (Lipinski definition) is 0. The second-order valence-electron chi connectivity index (χ2n) is 15.6. The van der Waals surface area contributed by atoms with E-state index in [2.05, 4.69) is 81.5 Å². The highest BCUT2D eigenvalue weighted by Gasteiger charge is 2.17. The van der Waals surface area contributed by atoms with E-state index in [9.17, 15) is 9.59 Å². The normalized spacial score (nSPS) is 12.7. The second kappa shape index (κ2) is 47.0. The SMILES string of the molecule is CC/C=C\C/C=C\C/C=C\C/C=C\C/C=C\CCCC(=O)OCC(COCCCCCCCCCCCCCCCCCCCC)OC(=O)CCCCCCC. The van der Waals surface area contributed by atoms with Crippen LogP contribution in [0, 0.1) is 0 Å². The Morgan fingerprint density at radius 3 is 1.27 bits per heavy atom. The average molecular weight is 783 g/mol. The zero-order valence-electron chi connectivity index (χ0n) is 37.1. The van der Waals surface area contributed by atoms with Gasteiger partial charge in [0, 0.05) is 19.4 Å². The van der Waals surface area contributed by atoms with Crippen LogP contribution in [0.15, 0.2) is 60.8 Å². The topological polar surface area (TPSA) is 61.8 Å². The number of esters is 2. The maximum atomic E-state index is 12.5. The maximum Gasteiger partial charge on any atom is 0.306 e. The minimum atomic E-state index is -0.552.